The first kappa shape index (κ1) is 17.6. The molecule has 0 bridgehead atoms. The third kappa shape index (κ3) is 2.95. The van der Waals surface area contributed by atoms with Crippen molar-refractivity contribution in [2.24, 2.45) is 0 Å². The van der Waals surface area contributed by atoms with Gasteiger partial charge in [-0.05, 0) is 31.2 Å². The van der Waals surface area contributed by atoms with Crippen molar-refractivity contribution in [1.29, 1.82) is 0 Å². The summed E-state index contributed by atoms with van der Waals surface area (Å²) in [4.78, 5) is 49.8. The van der Waals surface area contributed by atoms with Crippen LogP contribution in [0.15, 0.2) is 65.6 Å². The van der Waals surface area contributed by atoms with Gasteiger partial charge in [-0.1, -0.05) is 30.3 Å². The van der Waals surface area contributed by atoms with Gasteiger partial charge in [0, 0.05) is 39.7 Å². The quantitative estimate of drug-likeness (QED) is 0.599. The molecule has 0 saturated carbocycles. The van der Waals surface area contributed by atoms with Crippen LogP contribution in [0, 0.1) is 6.92 Å². The lowest BCUT2D eigenvalue weighted by molar-refractivity contribution is -0.116. The van der Waals surface area contributed by atoms with Crippen molar-refractivity contribution in [2.75, 3.05) is 5.32 Å². The molecule has 1 heterocycles. The average molecular weight is 372 g/mol. The molecule has 28 heavy (non-hydrogen) atoms. The van der Waals surface area contributed by atoms with Gasteiger partial charge in [0.2, 0.25) is 5.91 Å². The predicted octanol–water partition coefficient (Wildman–Crippen LogP) is 2.57. The summed E-state index contributed by atoms with van der Waals surface area (Å²) in [6, 6.07) is 14.7. The number of nitrogens with zero attached hydrogens (tertiary/aromatic N) is 1. The van der Waals surface area contributed by atoms with E-state index in [1.165, 1.54) is 10.6 Å². The van der Waals surface area contributed by atoms with Crippen molar-refractivity contribution in [3.63, 3.8) is 0 Å². The number of hydrogen-bond acceptors (Lipinski definition) is 4. The van der Waals surface area contributed by atoms with Crippen LogP contribution in [0.5, 0.6) is 0 Å². The van der Waals surface area contributed by atoms with Gasteiger partial charge in [-0.15, -0.1) is 0 Å². The van der Waals surface area contributed by atoms with Gasteiger partial charge in [0.15, 0.2) is 11.6 Å². The molecule has 6 heteroatoms. The minimum absolute atomic E-state index is 0.146. The molecule has 0 fully saturated rings. The number of carbonyl (C=O) groups is 3. The summed E-state index contributed by atoms with van der Waals surface area (Å²) in [5.41, 5.74) is 2.02. The van der Waals surface area contributed by atoms with E-state index < -0.39 is 5.91 Å². The highest BCUT2D eigenvalue weighted by Gasteiger charge is 2.29. The Morgan fingerprint density at radius 2 is 1.50 bits per heavy atom. The number of aryl methyl sites for hydroxylation is 1. The van der Waals surface area contributed by atoms with Crippen molar-refractivity contribution in [2.45, 2.75) is 13.5 Å². The first-order chi connectivity index (χ1) is 13.5. The van der Waals surface area contributed by atoms with Crippen LogP contribution in [0.25, 0.3) is 0 Å². The van der Waals surface area contributed by atoms with Crippen molar-refractivity contribution in [1.82, 2.24) is 4.57 Å². The number of ketones is 2. The first-order valence-corrected chi connectivity index (χ1v) is 8.74. The van der Waals surface area contributed by atoms with E-state index in [0.717, 1.165) is 0 Å². The average Bonchev–Trinajstić information content (AvgIpc) is 2.69. The molecule has 1 aliphatic carbocycles. The number of amides is 1. The number of nitrogens with one attached hydrogen (secondary N) is 1. The fourth-order valence-electron chi connectivity index (χ4n) is 3.31. The van der Waals surface area contributed by atoms with Crippen LogP contribution in [-0.2, 0) is 11.3 Å². The second kappa shape index (κ2) is 6.74. The smallest absolute Gasteiger partial charge is 0.253 e. The molecular formula is C22H16N2O4. The standard InChI is InChI=1S/C22H16N2O4/c1-13-5-4-10-24(22(13)28)12-19(25)23-14-8-9-17-18(11-14)21(27)16-7-3-2-6-15(16)20(17)26/h2-11H,12H2,1H3,(H,23,25). The molecule has 1 aliphatic rings. The third-order valence-corrected chi connectivity index (χ3v) is 4.73. The van der Waals surface area contributed by atoms with Crippen LogP contribution in [0.4, 0.5) is 5.69 Å². The second-order valence-electron chi connectivity index (χ2n) is 6.64. The van der Waals surface area contributed by atoms with Gasteiger partial charge in [0.05, 0.1) is 0 Å². The molecule has 0 atom stereocenters. The minimum atomic E-state index is -0.400. The van der Waals surface area contributed by atoms with Gasteiger partial charge >= 0.3 is 0 Å². The summed E-state index contributed by atoms with van der Waals surface area (Å²) in [7, 11) is 0. The lowest BCUT2D eigenvalue weighted by Crippen LogP contribution is -2.28. The van der Waals surface area contributed by atoms with E-state index in [2.05, 4.69) is 5.32 Å². The Hall–Kier alpha value is -3.80. The number of aromatic nitrogens is 1. The van der Waals surface area contributed by atoms with Gasteiger partial charge in [-0.2, -0.15) is 0 Å². The van der Waals surface area contributed by atoms with Crippen LogP contribution in [-0.4, -0.2) is 22.0 Å². The fraction of sp³-hybridized carbons (Fsp3) is 0.0909. The Balaban J connectivity index is 1.60. The van der Waals surface area contributed by atoms with E-state index in [1.54, 1.807) is 61.7 Å². The maximum atomic E-state index is 12.8. The molecule has 4 rings (SSSR count). The molecule has 3 aromatic rings. The topological polar surface area (TPSA) is 85.2 Å². The molecule has 1 aromatic heterocycles. The normalized spacial score (nSPS) is 12.3. The van der Waals surface area contributed by atoms with Crippen LogP contribution < -0.4 is 10.9 Å². The van der Waals surface area contributed by atoms with Crippen molar-refractivity contribution < 1.29 is 14.4 Å². The molecule has 138 valence electrons. The van der Waals surface area contributed by atoms with Crippen LogP contribution in [0.3, 0.4) is 0 Å². The van der Waals surface area contributed by atoms with E-state index in [4.69, 9.17) is 0 Å². The molecule has 0 saturated heterocycles. The van der Waals surface area contributed by atoms with E-state index in [-0.39, 0.29) is 29.2 Å². The zero-order valence-electron chi connectivity index (χ0n) is 15.1. The van der Waals surface area contributed by atoms with Crippen LogP contribution in [0.2, 0.25) is 0 Å². The Morgan fingerprint density at radius 1 is 0.857 bits per heavy atom. The maximum absolute atomic E-state index is 12.8. The predicted molar refractivity (Wildman–Crippen MR) is 104 cm³/mol. The lowest BCUT2D eigenvalue weighted by atomic mass is 9.84. The molecule has 0 radical (unpaired) electrons. The molecule has 0 unspecified atom stereocenters. The van der Waals surface area contributed by atoms with Crippen molar-refractivity contribution >= 4 is 23.2 Å². The largest absolute Gasteiger partial charge is 0.325 e. The van der Waals surface area contributed by atoms with E-state index in [0.29, 0.717) is 27.9 Å². The Kier molecular flexibility index (Phi) is 4.24. The number of anilines is 1. The maximum Gasteiger partial charge on any atom is 0.253 e. The summed E-state index contributed by atoms with van der Waals surface area (Å²) >= 11 is 0. The highest BCUT2D eigenvalue weighted by atomic mass is 16.2. The van der Waals surface area contributed by atoms with Gasteiger partial charge in [0.1, 0.15) is 6.54 Å². The summed E-state index contributed by atoms with van der Waals surface area (Å²) < 4.78 is 1.31. The molecular weight excluding hydrogens is 356 g/mol. The zero-order valence-corrected chi connectivity index (χ0v) is 15.1. The summed E-state index contributed by atoms with van der Waals surface area (Å²) in [5, 5.41) is 2.68. The van der Waals surface area contributed by atoms with Crippen LogP contribution in [0.1, 0.15) is 37.4 Å². The Morgan fingerprint density at radius 3 is 2.21 bits per heavy atom. The van der Waals surface area contributed by atoms with E-state index in [1.807, 2.05) is 0 Å². The number of fused-ring (bicyclic) bond motifs is 2. The highest BCUT2D eigenvalue weighted by Crippen LogP contribution is 2.29. The molecule has 1 N–H and O–H groups in total. The van der Waals surface area contributed by atoms with Gasteiger partial charge < -0.3 is 9.88 Å². The minimum Gasteiger partial charge on any atom is -0.325 e. The van der Waals surface area contributed by atoms with Crippen LogP contribution >= 0.6 is 0 Å². The van der Waals surface area contributed by atoms with Gasteiger partial charge in [-0.25, -0.2) is 0 Å². The molecule has 6 nitrogen and oxygen atoms in total. The van der Waals surface area contributed by atoms with Crippen molar-refractivity contribution in [3.8, 4) is 0 Å². The number of benzene rings is 2. The molecule has 1 amide bonds. The van der Waals surface area contributed by atoms with E-state index >= 15 is 0 Å². The number of carbonyl (C=O) groups excluding carboxylic acids is 3. The number of hydrogen-bond donors (Lipinski definition) is 1. The highest BCUT2D eigenvalue weighted by molar-refractivity contribution is 6.28. The SMILES string of the molecule is Cc1cccn(CC(=O)Nc2ccc3c(c2)C(=O)c2ccccc2C3=O)c1=O. The number of pyridine rings is 1. The Bertz CT molecular complexity index is 1210. The van der Waals surface area contributed by atoms with Gasteiger partial charge in [0.25, 0.3) is 5.56 Å². The van der Waals surface area contributed by atoms with Gasteiger partial charge in [-0.3, -0.25) is 19.2 Å². The zero-order chi connectivity index (χ0) is 19.8. The molecule has 0 aliphatic heterocycles. The third-order valence-electron chi connectivity index (χ3n) is 4.73. The summed E-state index contributed by atoms with van der Waals surface area (Å²) in [5.74, 6) is -0.867. The Labute approximate surface area is 160 Å². The molecule has 2 aromatic carbocycles. The summed E-state index contributed by atoms with van der Waals surface area (Å²) in [6.45, 7) is 1.54. The van der Waals surface area contributed by atoms with E-state index in [9.17, 15) is 19.2 Å². The number of rotatable bonds is 3. The fourth-order valence-corrected chi connectivity index (χ4v) is 3.31. The first-order valence-electron chi connectivity index (χ1n) is 8.74. The second-order valence-corrected chi connectivity index (χ2v) is 6.64. The lowest BCUT2D eigenvalue weighted by Gasteiger charge is -2.18. The van der Waals surface area contributed by atoms with Crippen molar-refractivity contribution in [3.05, 3.63) is 99.0 Å². The molecule has 0 spiro atoms. The summed E-state index contributed by atoms with van der Waals surface area (Å²) in [6.07, 6.45) is 1.54. The monoisotopic (exact) mass is 372 g/mol.